The smallest absolute Gasteiger partial charge is 0.309 e. The molecule has 8 nitrogen and oxygen atoms in total. The lowest BCUT2D eigenvalue weighted by molar-refractivity contribution is -0.151. The third-order valence-corrected chi connectivity index (χ3v) is 7.81. The molecule has 0 amide bonds. The zero-order valence-corrected chi connectivity index (χ0v) is 19.4. The number of aromatic nitrogens is 2. The summed E-state index contributed by atoms with van der Waals surface area (Å²) in [5.41, 5.74) is 0.537. The summed E-state index contributed by atoms with van der Waals surface area (Å²) in [5, 5.41) is 8.04. The van der Waals surface area contributed by atoms with Gasteiger partial charge in [0.05, 0.1) is 10.9 Å². The number of sulfonamides is 1. The summed E-state index contributed by atoms with van der Waals surface area (Å²) < 4.78 is 50.8. The molecule has 0 bridgehead atoms. The van der Waals surface area contributed by atoms with Gasteiger partial charge in [-0.25, -0.2) is 12.8 Å². The van der Waals surface area contributed by atoms with E-state index in [-0.39, 0.29) is 52.2 Å². The van der Waals surface area contributed by atoms with Crippen molar-refractivity contribution in [1.82, 2.24) is 14.5 Å². The van der Waals surface area contributed by atoms with Crippen LogP contribution in [0.3, 0.4) is 0 Å². The van der Waals surface area contributed by atoms with Crippen LogP contribution in [-0.2, 0) is 26.2 Å². The largest absolute Gasteiger partial charge is 0.455 e. The average Bonchev–Trinajstić information content (AvgIpc) is 3.28. The molecule has 2 aromatic carbocycles. The Hall–Kier alpha value is -2.53. The molecule has 1 aliphatic rings. The topological polar surface area (TPSA) is 103 Å². The fraction of sp³-hybridized carbons (Fsp3) is 0.286. The van der Waals surface area contributed by atoms with E-state index in [0.717, 1.165) is 0 Å². The minimum Gasteiger partial charge on any atom is -0.455 e. The number of hydrogen-bond acceptors (Lipinski definition) is 7. The molecule has 0 unspecified atom stereocenters. The fourth-order valence-electron chi connectivity index (χ4n) is 3.42. The first-order valence-electron chi connectivity index (χ1n) is 9.94. The van der Waals surface area contributed by atoms with Crippen molar-refractivity contribution in [2.75, 3.05) is 13.1 Å². The predicted molar refractivity (Wildman–Crippen MR) is 117 cm³/mol. The lowest BCUT2D eigenvalue weighted by Gasteiger charge is -2.30. The highest BCUT2D eigenvalue weighted by molar-refractivity contribution is 7.89. The molecule has 174 valence electrons. The zero-order chi connectivity index (χ0) is 23.6. The molecule has 0 N–H and O–H groups in total. The molecule has 3 aromatic rings. The van der Waals surface area contributed by atoms with Crippen LogP contribution < -0.4 is 0 Å². The van der Waals surface area contributed by atoms with Crippen molar-refractivity contribution in [1.29, 1.82) is 0 Å². The van der Waals surface area contributed by atoms with Gasteiger partial charge in [0.1, 0.15) is 10.7 Å². The maximum absolute atomic E-state index is 13.0. The maximum atomic E-state index is 13.0. The maximum Gasteiger partial charge on any atom is 0.309 e. The van der Waals surface area contributed by atoms with E-state index >= 15 is 0 Å². The third kappa shape index (κ3) is 5.35. The van der Waals surface area contributed by atoms with E-state index in [9.17, 15) is 17.6 Å². The van der Waals surface area contributed by atoms with E-state index in [2.05, 4.69) is 10.2 Å². The van der Waals surface area contributed by atoms with Crippen molar-refractivity contribution in [3.05, 3.63) is 64.2 Å². The van der Waals surface area contributed by atoms with Gasteiger partial charge in [0, 0.05) is 23.7 Å². The minimum absolute atomic E-state index is 0.0638. The van der Waals surface area contributed by atoms with Crippen molar-refractivity contribution < 1.29 is 26.8 Å². The number of rotatable bonds is 6. The quantitative estimate of drug-likeness (QED) is 0.452. The van der Waals surface area contributed by atoms with Gasteiger partial charge >= 0.3 is 5.97 Å². The first kappa shape index (κ1) is 23.6. The summed E-state index contributed by atoms with van der Waals surface area (Å²) in [7, 11) is -3.84. The molecule has 1 saturated heterocycles. The second-order valence-corrected chi connectivity index (χ2v) is 10.1. The standard InChI is InChI=1S/C21H18Cl2FN3O5S/c22-15-3-6-17(23)18(11-15)33(29,30)27-9-7-14(8-10-27)21(28)31-12-19-25-26-20(32-19)13-1-4-16(24)5-2-13/h1-6,11,14H,7-10,12H2. The number of ether oxygens (including phenoxy) is 1. The number of carbonyl (C=O) groups excluding carboxylic acids is 1. The Kier molecular flexibility index (Phi) is 6.99. The normalized spacial score (nSPS) is 15.5. The second kappa shape index (κ2) is 9.76. The van der Waals surface area contributed by atoms with Crippen LogP contribution in [-0.4, -0.2) is 42.0 Å². The van der Waals surface area contributed by atoms with Gasteiger partial charge in [0.2, 0.25) is 15.9 Å². The molecule has 4 rings (SSSR count). The lowest BCUT2D eigenvalue weighted by Crippen LogP contribution is -2.40. The van der Waals surface area contributed by atoms with Crippen LogP contribution in [0.5, 0.6) is 0 Å². The van der Waals surface area contributed by atoms with E-state index in [1.54, 1.807) is 0 Å². The average molecular weight is 514 g/mol. The summed E-state index contributed by atoms with van der Waals surface area (Å²) in [6.07, 6.45) is 0.585. The molecular formula is C21H18Cl2FN3O5S. The molecule has 1 aromatic heterocycles. The zero-order valence-electron chi connectivity index (χ0n) is 17.1. The molecule has 0 atom stereocenters. The molecule has 1 aliphatic heterocycles. The van der Waals surface area contributed by atoms with Gasteiger partial charge < -0.3 is 9.15 Å². The molecular weight excluding hydrogens is 496 g/mol. The van der Waals surface area contributed by atoms with Crippen LogP contribution in [0.1, 0.15) is 18.7 Å². The predicted octanol–water partition coefficient (Wildman–Crippen LogP) is 4.33. The Morgan fingerprint density at radius 3 is 2.52 bits per heavy atom. The van der Waals surface area contributed by atoms with Crippen molar-refractivity contribution in [3.63, 3.8) is 0 Å². The lowest BCUT2D eigenvalue weighted by atomic mass is 9.98. The molecule has 2 heterocycles. The molecule has 1 fully saturated rings. The van der Waals surface area contributed by atoms with Gasteiger partial charge in [0.15, 0.2) is 6.61 Å². The first-order chi connectivity index (χ1) is 15.7. The number of benzene rings is 2. The highest BCUT2D eigenvalue weighted by atomic mass is 35.5. The number of nitrogens with zero attached hydrogens (tertiary/aromatic N) is 3. The van der Waals surface area contributed by atoms with Crippen LogP contribution >= 0.6 is 23.2 Å². The van der Waals surface area contributed by atoms with E-state index in [1.807, 2.05) is 0 Å². The van der Waals surface area contributed by atoms with Crippen LogP contribution in [0.25, 0.3) is 11.5 Å². The molecule has 0 aliphatic carbocycles. The van der Waals surface area contributed by atoms with Crippen LogP contribution in [0.2, 0.25) is 10.0 Å². The number of hydrogen-bond donors (Lipinski definition) is 0. The van der Waals surface area contributed by atoms with Gasteiger partial charge in [-0.1, -0.05) is 23.2 Å². The van der Waals surface area contributed by atoms with Gasteiger partial charge in [0.25, 0.3) is 5.89 Å². The van der Waals surface area contributed by atoms with Gasteiger partial charge in [-0.2, -0.15) is 4.31 Å². The minimum atomic E-state index is -3.84. The molecule has 0 saturated carbocycles. The number of halogens is 3. The van der Waals surface area contributed by atoms with Gasteiger partial charge in [-0.3, -0.25) is 4.79 Å². The molecule has 33 heavy (non-hydrogen) atoms. The SMILES string of the molecule is O=C(OCc1nnc(-c2ccc(F)cc2)o1)C1CCN(S(=O)(=O)c2cc(Cl)ccc2Cl)CC1. The van der Waals surface area contributed by atoms with Crippen molar-refractivity contribution in [2.24, 2.45) is 5.92 Å². The van der Waals surface area contributed by atoms with E-state index in [0.29, 0.717) is 18.4 Å². The Labute approximate surface area is 199 Å². The Morgan fingerprint density at radius 1 is 1.12 bits per heavy atom. The van der Waals surface area contributed by atoms with Crippen molar-refractivity contribution in [2.45, 2.75) is 24.3 Å². The summed E-state index contributed by atoms with van der Waals surface area (Å²) in [5.74, 6) is -1.06. The molecule has 0 radical (unpaired) electrons. The van der Waals surface area contributed by atoms with E-state index in [1.165, 1.54) is 46.8 Å². The monoisotopic (exact) mass is 513 g/mol. The highest BCUT2D eigenvalue weighted by Crippen LogP contribution is 2.30. The summed E-state index contributed by atoms with van der Waals surface area (Å²) in [6, 6.07) is 9.79. The number of esters is 1. The number of carbonyl (C=O) groups is 1. The Bertz CT molecular complexity index is 1260. The number of piperidine rings is 1. The molecule has 0 spiro atoms. The Balaban J connectivity index is 1.32. The van der Waals surface area contributed by atoms with Gasteiger partial charge in [-0.15, -0.1) is 10.2 Å². The van der Waals surface area contributed by atoms with Crippen molar-refractivity contribution in [3.8, 4) is 11.5 Å². The van der Waals surface area contributed by atoms with Crippen LogP contribution in [0, 0.1) is 11.7 Å². The van der Waals surface area contributed by atoms with Crippen LogP contribution in [0.4, 0.5) is 4.39 Å². The fourth-order valence-corrected chi connectivity index (χ4v) is 5.62. The van der Waals surface area contributed by atoms with E-state index in [4.69, 9.17) is 32.4 Å². The first-order valence-corrected chi connectivity index (χ1v) is 12.1. The van der Waals surface area contributed by atoms with Gasteiger partial charge in [-0.05, 0) is 55.3 Å². The third-order valence-electron chi connectivity index (χ3n) is 5.19. The van der Waals surface area contributed by atoms with Crippen LogP contribution in [0.15, 0.2) is 51.8 Å². The second-order valence-electron chi connectivity index (χ2n) is 7.37. The Morgan fingerprint density at radius 2 is 1.82 bits per heavy atom. The van der Waals surface area contributed by atoms with E-state index < -0.39 is 21.9 Å². The van der Waals surface area contributed by atoms with Crippen molar-refractivity contribution >= 4 is 39.2 Å². The molecule has 12 heteroatoms. The highest BCUT2D eigenvalue weighted by Gasteiger charge is 2.34. The summed E-state index contributed by atoms with van der Waals surface area (Å²) >= 11 is 12.0. The summed E-state index contributed by atoms with van der Waals surface area (Å²) in [6.45, 7) is 0.0596. The summed E-state index contributed by atoms with van der Waals surface area (Å²) in [4.78, 5) is 12.4.